The van der Waals surface area contributed by atoms with Crippen molar-refractivity contribution >= 4 is 35.5 Å². The summed E-state index contributed by atoms with van der Waals surface area (Å²) in [6.45, 7) is 10.9. The number of carbonyl (C=O) groups is 6. The summed E-state index contributed by atoms with van der Waals surface area (Å²) in [5.41, 5.74) is 0. The molecule has 0 aromatic rings. The Bertz CT molecular complexity index is 1070. The minimum Gasteiger partial charge on any atom is -0.449 e. The number of likely N-dealkylation sites (N-methyl/N-ethyl adjacent to an activating group) is 2. The van der Waals surface area contributed by atoms with Crippen molar-refractivity contribution in [3.8, 4) is 0 Å². The van der Waals surface area contributed by atoms with E-state index in [4.69, 9.17) is 9.47 Å². The van der Waals surface area contributed by atoms with E-state index in [1.165, 1.54) is 28.8 Å². The number of carbonyl (C=O) groups excluding carboxylic acids is 6. The van der Waals surface area contributed by atoms with Gasteiger partial charge in [-0.25, -0.2) is 0 Å². The number of nitrogens with one attached hydrogen (secondary N) is 2. The highest BCUT2D eigenvalue weighted by Crippen LogP contribution is 2.30. The van der Waals surface area contributed by atoms with Crippen molar-refractivity contribution in [3.63, 3.8) is 0 Å². The number of cyclic esters (lactones) is 1. The molecule has 0 spiro atoms. The summed E-state index contributed by atoms with van der Waals surface area (Å²) in [5.74, 6) is -3.62. The van der Waals surface area contributed by atoms with E-state index in [0.29, 0.717) is 19.3 Å². The first kappa shape index (κ1) is 33.3. The maximum Gasteiger partial charge on any atom is 0.308 e. The number of hydrogen-bond donors (Lipinski definition) is 2. The Morgan fingerprint density at radius 2 is 1.57 bits per heavy atom. The second kappa shape index (κ2) is 13.8. The standard InChI is InChI=1S/C29H47N5O8/c1-9-16(4)21-27(38)33(8)22(15(2)3)28(39)32(7)17(5)25(36)30-13-12-20(35)42-24(23-18(6)41-23)29(40)34-14-10-11-19(34)26(37)31-21/h15-19,21-24H,9-14H2,1-8H3,(H,30,36)(H,31,37)/t16-,17-,18?,19-,21-,22?,23?,24+/m0/s1. The van der Waals surface area contributed by atoms with E-state index in [-0.39, 0.29) is 37.5 Å². The van der Waals surface area contributed by atoms with Crippen LogP contribution in [0.1, 0.15) is 67.2 Å². The molecule has 0 bridgehead atoms. The smallest absolute Gasteiger partial charge is 0.308 e. The van der Waals surface area contributed by atoms with E-state index in [1.54, 1.807) is 13.8 Å². The first-order chi connectivity index (χ1) is 19.7. The number of epoxide rings is 1. The van der Waals surface area contributed by atoms with Gasteiger partial charge >= 0.3 is 5.97 Å². The minimum absolute atomic E-state index is 0.0661. The van der Waals surface area contributed by atoms with E-state index in [9.17, 15) is 28.8 Å². The quantitative estimate of drug-likeness (QED) is 0.342. The molecule has 3 rings (SSSR count). The van der Waals surface area contributed by atoms with E-state index in [2.05, 4.69) is 10.6 Å². The molecule has 3 fully saturated rings. The molecular weight excluding hydrogens is 546 g/mol. The fraction of sp³-hybridized carbons (Fsp3) is 0.793. The first-order valence-electron chi connectivity index (χ1n) is 15.0. The second-order valence-electron chi connectivity index (χ2n) is 12.1. The molecule has 3 aliphatic heterocycles. The lowest BCUT2D eigenvalue weighted by Crippen LogP contribution is -2.61. The summed E-state index contributed by atoms with van der Waals surface area (Å²) in [6.07, 6.45) is -0.839. The Hall–Kier alpha value is -3.22. The predicted octanol–water partition coefficient (Wildman–Crippen LogP) is 0.0572. The number of ether oxygens (including phenoxy) is 2. The molecule has 8 atom stereocenters. The Morgan fingerprint density at radius 1 is 0.929 bits per heavy atom. The molecule has 0 radical (unpaired) electrons. The molecule has 3 heterocycles. The zero-order valence-corrected chi connectivity index (χ0v) is 26.0. The number of rotatable bonds is 4. The number of fused-ring (bicyclic) bond motifs is 1. The largest absolute Gasteiger partial charge is 0.449 e. The van der Waals surface area contributed by atoms with E-state index < -0.39 is 71.9 Å². The summed E-state index contributed by atoms with van der Waals surface area (Å²) in [4.78, 5) is 84.6. The lowest BCUT2D eigenvalue weighted by atomic mass is 9.94. The Morgan fingerprint density at radius 3 is 2.14 bits per heavy atom. The Balaban J connectivity index is 1.99. The van der Waals surface area contributed by atoms with Gasteiger partial charge in [0.25, 0.3) is 5.91 Å². The molecule has 3 saturated heterocycles. The highest BCUT2D eigenvalue weighted by molar-refractivity contribution is 5.96. The predicted molar refractivity (Wildman–Crippen MR) is 152 cm³/mol. The van der Waals surface area contributed by atoms with Crippen LogP contribution >= 0.6 is 0 Å². The summed E-state index contributed by atoms with van der Waals surface area (Å²) < 4.78 is 11.0. The molecule has 236 valence electrons. The lowest BCUT2D eigenvalue weighted by molar-refractivity contribution is -0.163. The summed E-state index contributed by atoms with van der Waals surface area (Å²) in [7, 11) is 3.02. The van der Waals surface area contributed by atoms with Gasteiger partial charge in [-0.3, -0.25) is 28.8 Å². The normalized spacial score (nSPS) is 33.4. The van der Waals surface area contributed by atoms with Gasteiger partial charge in [0.15, 0.2) is 0 Å². The van der Waals surface area contributed by atoms with Crippen LogP contribution in [0.3, 0.4) is 0 Å². The summed E-state index contributed by atoms with van der Waals surface area (Å²) >= 11 is 0. The van der Waals surface area contributed by atoms with Crippen LogP contribution in [0.25, 0.3) is 0 Å². The first-order valence-corrected chi connectivity index (χ1v) is 15.0. The molecule has 3 unspecified atom stereocenters. The average molecular weight is 594 g/mol. The van der Waals surface area contributed by atoms with Crippen molar-refractivity contribution in [2.45, 2.75) is 110 Å². The van der Waals surface area contributed by atoms with Crippen molar-refractivity contribution in [3.05, 3.63) is 0 Å². The van der Waals surface area contributed by atoms with Gasteiger partial charge in [-0.1, -0.05) is 34.1 Å². The zero-order valence-electron chi connectivity index (χ0n) is 26.0. The van der Waals surface area contributed by atoms with Gasteiger partial charge in [-0.15, -0.1) is 0 Å². The van der Waals surface area contributed by atoms with Gasteiger partial charge in [0.2, 0.25) is 29.7 Å². The molecule has 0 aliphatic carbocycles. The summed E-state index contributed by atoms with van der Waals surface area (Å²) in [6, 6.07) is -3.60. The molecule has 13 heteroatoms. The van der Waals surface area contributed by atoms with Crippen LogP contribution in [0, 0.1) is 11.8 Å². The molecule has 2 N–H and O–H groups in total. The average Bonchev–Trinajstić information content (AvgIpc) is 3.46. The SMILES string of the molecule is CC[C@H](C)[C@@H]1NC(=O)[C@@H]2CCCN2C(=O)[C@@H](C2OC2C)OC(=O)CCNC(=O)[C@H](C)N(C)C(=O)C(C(C)C)N(C)C1=O. The maximum absolute atomic E-state index is 13.9. The van der Waals surface area contributed by atoms with Crippen LogP contribution in [0.4, 0.5) is 0 Å². The monoisotopic (exact) mass is 593 g/mol. The van der Waals surface area contributed by atoms with Gasteiger partial charge in [-0.05, 0) is 38.5 Å². The molecule has 0 saturated carbocycles. The molecule has 42 heavy (non-hydrogen) atoms. The lowest BCUT2D eigenvalue weighted by Gasteiger charge is -2.38. The number of hydrogen-bond acceptors (Lipinski definition) is 8. The minimum atomic E-state index is -1.23. The van der Waals surface area contributed by atoms with Crippen LogP contribution in [0.2, 0.25) is 0 Å². The molecule has 0 aromatic heterocycles. The number of amides is 5. The van der Waals surface area contributed by atoms with Crippen molar-refractivity contribution in [1.29, 1.82) is 0 Å². The zero-order chi connectivity index (χ0) is 31.5. The third-order valence-electron chi connectivity index (χ3n) is 8.76. The van der Waals surface area contributed by atoms with E-state index in [0.717, 1.165) is 0 Å². The fourth-order valence-electron chi connectivity index (χ4n) is 5.64. The van der Waals surface area contributed by atoms with Crippen LogP contribution < -0.4 is 10.6 Å². The molecule has 13 nitrogen and oxygen atoms in total. The van der Waals surface area contributed by atoms with Gasteiger partial charge < -0.3 is 34.8 Å². The van der Waals surface area contributed by atoms with Crippen molar-refractivity contribution in [1.82, 2.24) is 25.3 Å². The van der Waals surface area contributed by atoms with E-state index in [1.807, 2.05) is 27.7 Å². The summed E-state index contributed by atoms with van der Waals surface area (Å²) in [5, 5.41) is 5.53. The van der Waals surface area contributed by atoms with Gasteiger partial charge in [0.05, 0.1) is 12.5 Å². The van der Waals surface area contributed by atoms with Gasteiger partial charge in [0.1, 0.15) is 30.3 Å². The van der Waals surface area contributed by atoms with Crippen molar-refractivity contribution in [2.75, 3.05) is 27.2 Å². The second-order valence-corrected chi connectivity index (χ2v) is 12.1. The highest BCUT2D eigenvalue weighted by Gasteiger charge is 2.51. The molecule has 5 amide bonds. The third-order valence-corrected chi connectivity index (χ3v) is 8.76. The Kier molecular flexibility index (Phi) is 11.0. The molecule has 0 aromatic carbocycles. The van der Waals surface area contributed by atoms with Crippen LogP contribution in [-0.2, 0) is 38.2 Å². The third kappa shape index (κ3) is 7.22. The maximum atomic E-state index is 13.9. The van der Waals surface area contributed by atoms with Crippen molar-refractivity contribution in [2.24, 2.45) is 11.8 Å². The number of esters is 1. The molecule has 3 aliphatic rings. The highest BCUT2D eigenvalue weighted by atomic mass is 16.6. The van der Waals surface area contributed by atoms with Crippen molar-refractivity contribution < 1.29 is 38.2 Å². The van der Waals surface area contributed by atoms with Crippen LogP contribution in [-0.4, -0.2) is 120 Å². The van der Waals surface area contributed by atoms with Gasteiger partial charge in [0, 0.05) is 27.2 Å². The molecular formula is C29H47N5O8. The van der Waals surface area contributed by atoms with Gasteiger partial charge in [-0.2, -0.15) is 0 Å². The number of nitrogens with zero attached hydrogens (tertiary/aromatic N) is 3. The topological polar surface area (TPSA) is 158 Å². The fourth-order valence-corrected chi connectivity index (χ4v) is 5.64. The van der Waals surface area contributed by atoms with Crippen LogP contribution in [0.5, 0.6) is 0 Å². The van der Waals surface area contributed by atoms with Crippen LogP contribution in [0.15, 0.2) is 0 Å². The Labute approximate surface area is 248 Å². The van der Waals surface area contributed by atoms with E-state index >= 15 is 0 Å².